The number of carbonyl (C=O) groups is 2. The molecule has 2 saturated heterocycles. The van der Waals surface area contributed by atoms with Crippen molar-refractivity contribution in [1.82, 2.24) is 19.1 Å². The number of amides is 2. The number of carbonyl (C=O) groups excluding carboxylic acids is 2. The van der Waals surface area contributed by atoms with Gasteiger partial charge in [0.05, 0.1) is 24.5 Å². The normalized spacial score (nSPS) is 26.4. The van der Waals surface area contributed by atoms with Crippen LogP contribution in [0.1, 0.15) is 84.7 Å². The predicted molar refractivity (Wildman–Crippen MR) is 173 cm³/mol. The Morgan fingerprint density at radius 2 is 1.80 bits per heavy atom. The van der Waals surface area contributed by atoms with Crippen LogP contribution in [0.4, 0.5) is 0 Å². The van der Waals surface area contributed by atoms with Gasteiger partial charge < -0.3 is 14.2 Å². The van der Waals surface area contributed by atoms with Crippen LogP contribution in [-0.2, 0) is 21.4 Å². The molecule has 4 fully saturated rings. The number of aromatic nitrogens is 1. The van der Waals surface area contributed by atoms with Gasteiger partial charge in [0.25, 0.3) is 5.91 Å². The van der Waals surface area contributed by atoms with Crippen molar-refractivity contribution >= 4 is 32.7 Å². The molecule has 3 aliphatic heterocycles. The number of hydrogen-bond donors (Lipinski definition) is 1. The van der Waals surface area contributed by atoms with Crippen LogP contribution >= 0.6 is 0 Å². The van der Waals surface area contributed by atoms with Crippen molar-refractivity contribution < 1.29 is 22.7 Å². The van der Waals surface area contributed by atoms with E-state index in [9.17, 15) is 18.0 Å². The molecule has 2 amide bonds. The van der Waals surface area contributed by atoms with Crippen molar-refractivity contribution in [2.45, 2.75) is 75.8 Å². The second kappa shape index (κ2) is 10.6. The minimum absolute atomic E-state index is 0.0857. The summed E-state index contributed by atoms with van der Waals surface area (Å²) in [5.74, 6) is 0.859. The number of rotatable bonds is 5. The second-order valence-electron chi connectivity index (χ2n) is 14.1. The summed E-state index contributed by atoms with van der Waals surface area (Å²) in [6.07, 6.45) is 9.93. The van der Waals surface area contributed by atoms with E-state index < -0.39 is 21.3 Å². The molecule has 0 radical (unpaired) electrons. The average molecular weight is 631 g/mol. The number of benzene rings is 2. The Morgan fingerprint density at radius 1 is 0.978 bits per heavy atom. The highest BCUT2D eigenvalue weighted by atomic mass is 32.2. The number of hydrogen-bond acceptors (Lipinski definition) is 6. The largest absolute Gasteiger partial charge is 0.497 e. The van der Waals surface area contributed by atoms with E-state index in [1.807, 2.05) is 18.2 Å². The van der Waals surface area contributed by atoms with Crippen LogP contribution in [-0.4, -0.2) is 80.2 Å². The summed E-state index contributed by atoms with van der Waals surface area (Å²) in [7, 11) is -2.03. The van der Waals surface area contributed by atoms with Gasteiger partial charge >= 0.3 is 0 Å². The van der Waals surface area contributed by atoms with Crippen LogP contribution < -0.4 is 9.46 Å². The lowest BCUT2D eigenvalue weighted by atomic mass is 9.81. The summed E-state index contributed by atoms with van der Waals surface area (Å²) in [5.41, 5.74) is 5.39. The van der Waals surface area contributed by atoms with Crippen molar-refractivity contribution in [3.63, 3.8) is 0 Å². The highest BCUT2D eigenvalue weighted by molar-refractivity contribution is 7.89. The summed E-state index contributed by atoms with van der Waals surface area (Å²) >= 11 is 0. The Labute approximate surface area is 264 Å². The first kappa shape index (κ1) is 29.1. The number of ether oxygens (including phenoxy) is 1. The summed E-state index contributed by atoms with van der Waals surface area (Å²) < 4.78 is 34.1. The zero-order chi connectivity index (χ0) is 31.1. The molecule has 2 aromatic carbocycles. The molecule has 4 heterocycles. The molecule has 3 atom stereocenters. The molecule has 0 spiro atoms. The molecule has 2 aliphatic carbocycles. The van der Waals surface area contributed by atoms with E-state index in [0.717, 1.165) is 86.0 Å². The monoisotopic (exact) mass is 630 g/mol. The molecule has 10 heteroatoms. The van der Waals surface area contributed by atoms with Gasteiger partial charge in [0.1, 0.15) is 5.75 Å². The minimum Gasteiger partial charge on any atom is -0.497 e. The quantitative estimate of drug-likeness (QED) is 0.433. The van der Waals surface area contributed by atoms with Gasteiger partial charge in [-0.1, -0.05) is 25.3 Å². The molecule has 8 rings (SSSR count). The van der Waals surface area contributed by atoms with Gasteiger partial charge in [-0.05, 0) is 86.0 Å². The third-order valence-electron chi connectivity index (χ3n) is 11.4. The first-order valence-electron chi connectivity index (χ1n) is 16.6. The summed E-state index contributed by atoms with van der Waals surface area (Å²) in [5, 5.41) is 1.09. The van der Waals surface area contributed by atoms with E-state index in [-0.39, 0.29) is 11.8 Å². The zero-order valence-corrected chi connectivity index (χ0v) is 27.0. The summed E-state index contributed by atoms with van der Waals surface area (Å²) in [6.45, 7) is 4.15. The molecule has 1 N–H and O–H groups in total. The second-order valence-corrected chi connectivity index (χ2v) is 15.8. The third kappa shape index (κ3) is 4.78. The Hall–Kier alpha value is -3.37. The Bertz CT molecular complexity index is 1830. The van der Waals surface area contributed by atoms with Gasteiger partial charge in [0, 0.05) is 60.2 Å². The molecule has 45 heavy (non-hydrogen) atoms. The Balaban J connectivity index is 1.31. The van der Waals surface area contributed by atoms with E-state index in [0.29, 0.717) is 24.1 Å². The van der Waals surface area contributed by atoms with Crippen molar-refractivity contribution in [2.24, 2.45) is 5.41 Å². The number of fused-ring (bicyclic) bond motifs is 8. The molecule has 5 aliphatic rings. The first-order valence-corrected chi connectivity index (χ1v) is 18.5. The molecular formula is C35H42N4O5S. The molecule has 2 saturated carbocycles. The summed E-state index contributed by atoms with van der Waals surface area (Å²) in [4.78, 5) is 32.5. The fraction of sp³-hybridized carbons (Fsp3) is 0.543. The van der Waals surface area contributed by atoms with Crippen molar-refractivity contribution in [2.75, 3.05) is 39.5 Å². The van der Waals surface area contributed by atoms with Crippen LogP contribution in [0.2, 0.25) is 0 Å². The van der Waals surface area contributed by atoms with E-state index in [1.54, 1.807) is 13.2 Å². The lowest BCUT2D eigenvalue weighted by Crippen LogP contribution is -2.54. The van der Waals surface area contributed by atoms with Crippen LogP contribution in [0.5, 0.6) is 5.75 Å². The van der Waals surface area contributed by atoms with Gasteiger partial charge in [0.2, 0.25) is 15.9 Å². The highest BCUT2D eigenvalue weighted by Gasteiger charge is 2.64. The highest BCUT2D eigenvalue weighted by Crippen LogP contribution is 2.66. The molecule has 9 nitrogen and oxygen atoms in total. The van der Waals surface area contributed by atoms with E-state index in [4.69, 9.17) is 4.74 Å². The third-order valence-corrected chi connectivity index (χ3v) is 11.9. The maximum Gasteiger partial charge on any atom is 0.264 e. The van der Waals surface area contributed by atoms with Crippen LogP contribution in [0.3, 0.4) is 0 Å². The van der Waals surface area contributed by atoms with Gasteiger partial charge in [-0.2, -0.15) is 0 Å². The van der Waals surface area contributed by atoms with Gasteiger partial charge in [-0.15, -0.1) is 0 Å². The fourth-order valence-corrected chi connectivity index (χ4v) is 9.59. The molecule has 0 bridgehead atoms. The van der Waals surface area contributed by atoms with E-state index in [1.165, 1.54) is 36.8 Å². The molecular weight excluding hydrogens is 588 g/mol. The van der Waals surface area contributed by atoms with Crippen molar-refractivity contribution in [3.8, 4) is 17.0 Å². The maximum atomic E-state index is 14.7. The lowest BCUT2D eigenvalue weighted by molar-refractivity contribution is -0.140. The summed E-state index contributed by atoms with van der Waals surface area (Å²) in [6, 6.07) is 12.4. The topological polar surface area (TPSA) is 101 Å². The zero-order valence-electron chi connectivity index (χ0n) is 26.2. The van der Waals surface area contributed by atoms with E-state index in [2.05, 4.69) is 31.2 Å². The van der Waals surface area contributed by atoms with Crippen molar-refractivity contribution in [3.05, 3.63) is 53.1 Å². The van der Waals surface area contributed by atoms with Crippen LogP contribution in [0.25, 0.3) is 22.2 Å². The maximum absolute atomic E-state index is 14.7. The molecule has 1 aromatic heterocycles. The Morgan fingerprint density at radius 3 is 2.58 bits per heavy atom. The lowest BCUT2D eigenvalue weighted by Gasteiger charge is -2.39. The van der Waals surface area contributed by atoms with Gasteiger partial charge in [-0.3, -0.25) is 14.5 Å². The predicted octanol–water partition coefficient (Wildman–Crippen LogP) is 4.85. The number of piperazine rings is 1. The minimum atomic E-state index is -3.72. The number of nitrogens with zero attached hydrogens (tertiary/aromatic N) is 3. The molecule has 2 unspecified atom stereocenters. The van der Waals surface area contributed by atoms with Gasteiger partial charge in [0.15, 0.2) is 0 Å². The number of sulfonamides is 1. The molecule has 238 valence electrons. The average Bonchev–Trinajstić information content (AvgIpc) is 3.45. The van der Waals surface area contributed by atoms with Crippen LogP contribution in [0.15, 0.2) is 36.4 Å². The van der Waals surface area contributed by atoms with Crippen LogP contribution in [0, 0.1) is 5.41 Å². The number of nitrogens with one attached hydrogen (secondary N) is 1. The number of methoxy groups -OCH3 is 1. The SMILES string of the molecule is COc1ccc2c(c1)C1CC1(C(=O)N1CCN3CCC[C@H]3C1)Cn1c-2c(C2CCCCC2)c2ccc(C(=O)NS(C)(=O)=O)cc21. The first-order chi connectivity index (χ1) is 21.7. The smallest absolute Gasteiger partial charge is 0.264 e. The van der Waals surface area contributed by atoms with Crippen molar-refractivity contribution in [1.29, 1.82) is 0 Å². The fourth-order valence-electron chi connectivity index (χ4n) is 9.14. The van der Waals surface area contributed by atoms with E-state index >= 15 is 0 Å². The molecule has 3 aromatic rings. The standard InChI is InChI=1S/C35H42N4O5S/c1-44-25-11-13-26-28(18-25)29-19-35(29,34(41)38-16-15-37-14-6-9-24(37)20-38)21-39-30-17-23(33(40)36-45(2,42)43)10-12-27(30)31(32(26)39)22-7-4-3-5-8-22/h10-13,17-18,22,24,29H,3-9,14-16,19-21H2,1-2H3,(H,36,40)/t24-,29?,35?/m0/s1. The Kier molecular flexibility index (Phi) is 6.84. The van der Waals surface area contributed by atoms with Gasteiger partial charge in [-0.25, -0.2) is 13.1 Å².